The van der Waals surface area contributed by atoms with E-state index in [1.807, 2.05) is 24.3 Å². The lowest BCUT2D eigenvalue weighted by molar-refractivity contribution is -0.138. The summed E-state index contributed by atoms with van der Waals surface area (Å²) in [4.78, 5) is 16.2. The molecule has 3 aromatic rings. The van der Waals surface area contributed by atoms with Gasteiger partial charge in [0, 0.05) is 6.08 Å². The van der Waals surface area contributed by atoms with Gasteiger partial charge in [0.25, 0.3) is 0 Å². The summed E-state index contributed by atoms with van der Waals surface area (Å²) in [7, 11) is 0. The molecular weight excluding hydrogens is 353 g/mol. The van der Waals surface area contributed by atoms with E-state index >= 15 is 0 Å². The molecular formula is C17H11Cl2NO2S. The van der Waals surface area contributed by atoms with Gasteiger partial charge in [-0.05, 0) is 35.9 Å². The van der Waals surface area contributed by atoms with Crippen molar-refractivity contribution in [2.75, 3.05) is 0 Å². The van der Waals surface area contributed by atoms with Crippen LogP contribution in [0.2, 0.25) is 10.0 Å². The topological polar surface area (TPSA) is 39.2 Å². The largest absolute Gasteiger partial charge is 0.458 e. The van der Waals surface area contributed by atoms with Gasteiger partial charge in [0.1, 0.15) is 11.6 Å². The van der Waals surface area contributed by atoms with Crippen LogP contribution in [0.3, 0.4) is 0 Å². The zero-order chi connectivity index (χ0) is 16.2. The Morgan fingerprint density at radius 1 is 1.17 bits per heavy atom. The molecule has 1 aromatic heterocycles. The Morgan fingerprint density at radius 3 is 2.78 bits per heavy atom. The second-order valence-electron chi connectivity index (χ2n) is 4.71. The Morgan fingerprint density at radius 2 is 2.00 bits per heavy atom. The highest BCUT2D eigenvalue weighted by Gasteiger charge is 2.04. The molecule has 3 nitrogen and oxygen atoms in total. The first kappa shape index (κ1) is 16.0. The van der Waals surface area contributed by atoms with Crippen LogP contribution in [-0.4, -0.2) is 11.0 Å². The summed E-state index contributed by atoms with van der Waals surface area (Å²) in [5.41, 5.74) is 1.70. The number of aromatic nitrogens is 1. The average Bonchev–Trinajstić information content (AvgIpc) is 2.97. The van der Waals surface area contributed by atoms with Gasteiger partial charge in [0.15, 0.2) is 0 Å². The summed E-state index contributed by atoms with van der Waals surface area (Å²) >= 11 is 13.3. The number of thiazole rings is 1. The van der Waals surface area contributed by atoms with E-state index in [-0.39, 0.29) is 6.61 Å². The zero-order valence-corrected chi connectivity index (χ0v) is 14.2. The molecule has 0 saturated carbocycles. The number of hydrogen-bond acceptors (Lipinski definition) is 4. The number of carbonyl (C=O) groups is 1. The first-order chi connectivity index (χ1) is 11.1. The predicted molar refractivity (Wildman–Crippen MR) is 94.9 cm³/mol. The molecule has 0 bridgehead atoms. The maximum atomic E-state index is 11.8. The molecule has 1 heterocycles. The first-order valence-electron chi connectivity index (χ1n) is 6.76. The maximum absolute atomic E-state index is 11.8. The number of benzene rings is 2. The van der Waals surface area contributed by atoms with E-state index in [0.717, 1.165) is 20.8 Å². The SMILES string of the molecule is O=C(/C=C/c1nc2ccccc2s1)OCc1ccc(Cl)c(Cl)c1. The van der Waals surface area contributed by atoms with Crippen molar-refractivity contribution in [3.8, 4) is 0 Å². The fraction of sp³-hybridized carbons (Fsp3) is 0.0588. The summed E-state index contributed by atoms with van der Waals surface area (Å²) in [6.45, 7) is 0.139. The molecule has 23 heavy (non-hydrogen) atoms. The van der Waals surface area contributed by atoms with Gasteiger partial charge in [-0.15, -0.1) is 11.3 Å². The second kappa shape index (κ2) is 7.13. The number of halogens is 2. The fourth-order valence-electron chi connectivity index (χ4n) is 1.93. The van der Waals surface area contributed by atoms with Crippen molar-refractivity contribution in [3.05, 3.63) is 69.2 Å². The van der Waals surface area contributed by atoms with Crippen LogP contribution in [0.1, 0.15) is 10.6 Å². The second-order valence-corrected chi connectivity index (χ2v) is 6.59. The summed E-state index contributed by atoms with van der Waals surface area (Å²) in [6.07, 6.45) is 3.02. The van der Waals surface area contributed by atoms with Crippen LogP contribution >= 0.6 is 34.5 Å². The third-order valence-corrected chi connectivity index (χ3v) is 4.78. The molecule has 0 spiro atoms. The van der Waals surface area contributed by atoms with Crippen molar-refractivity contribution >= 4 is 56.8 Å². The van der Waals surface area contributed by atoms with E-state index in [9.17, 15) is 4.79 Å². The highest BCUT2D eigenvalue weighted by atomic mass is 35.5. The normalized spacial score (nSPS) is 11.2. The van der Waals surface area contributed by atoms with E-state index in [1.165, 1.54) is 17.4 Å². The quantitative estimate of drug-likeness (QED) is 0.462. The molecule has 2 aromatic carbocycles. The highest BCUT2D eigenvalue weighted by Crippen LogP contribution is 2.23. The predicted octanol–water partition coefficient (Wildman–Crippen LogP) is 5.36. The third kappa shape index (κ3) is 4.10. The van der Waals surface area contributed by atoms with Crippen LogP contribution in [0, 0.1) is 0 Å². The van der Waals surface area contributed by atoms with Crippen LogP contribution in [-0.2, 0) is 16.1 Å². The fourth-order valence-corrected chi connectivity index (χ4v) is 3.12. The number of rotatable bonds is 4. The minimum atomic E-state index is -0.435. The van der Waals surface area contributed by atoms with E-state index in [0.29, 0.717) is 10.0 Å². The summed E-state index contributed by atoms with van der Waals surface area (Å²) in [5.74, 6) is -0.435. The number of fused-ring (bicyclic) bond motifs is 1. The Balaban J connectivity index is 1.61. The molecule has 0 unspecified atom stereocenters. The lowest BCUT2D eigenvalue weighted by atomic mass is 10.2. The van der Waals surface area contributed by atoms with Crippen molar-refractivity contribution < 1.29 is 9.53 Å². The van der Waals surface area contributed by atoms with Crippen LogP contribution in [0.15, 0.2) is 48.5 Å². The van der Waals surface area contributed by atoms with Gasteiger partial charge in [-0.3, -0.25) is 0 Å². The average molecular weight is 364 g/mol. The monoisotopic (exact) mass is 363 g/mol. The molecule has 0 aliphatic carbocycles. The van der Waals surface area contributed by atoms with Crippen molar-refractivity contribution in [1.29, 1.82) is 0 Å². The van der Waals surface area contributed by atoms with Gasteiger partial charge >= 0.3 is 5.97 Å². The number of esters is 1. The summed E-state index contributed by atoms with van der Waals surface area (Å²) in [6, 6.07) is 12.9. The third-order valence-electron chi connectivity index (χ3n) is 3.04. The lowest BCUT2D eigenvalue weighted by Gasteiger charge is -2.03. The number of carbonyl (C=O) groups excluding carboxylic acids is 1. The molecule has 6 heteroatoms. The summed E-state index contributed by atoms with van der Waals surface area (Å²) < 4.78 is 6.25. The van der Waals surface area contributed by atoms with Gasteiger partial charge < -0.3 is 4.74 Å². The van der Waals surface area contributed by atoms with Gasteiger partial charge in [0.05, 0.1) is 20.3 Å². The highest BCUT2D eigenvalue weighted by molar-refractivity contribution is 7.19. The molecule has 116 valence electrons. The van der Waals surface area contributed by atoms with Crippen molar-refractivity contribution in [2.24, 2.45) is 0 Å². The smallest absolute Gasteiger partial charge is 0.331 e. The van der Waals surface area contributed by atoms with Crippen LogP contribution < -0.4 is 0 Å². The van der Waals surface area contributed by atoms with E-state index in [4.69, 9.17) is 27.9 Å². The Kier molecular flexibility index (Phi) is 4.96. The van der Waals surface area contributed by atoms with E-state index < -0.39 is 5.97 Å². The van der Waals surface area contributed by atoms with Crippen LogP contribution in [0.25, 0.3) is 16.3 Å². The van der Waals surface area contributed by atoms with E-state index in [1.54, 1.807) is 24.3 Å². The molecule has 0 amide bonds. The molecule has 0 aliphatic heterocycles. The maximum Gasteiger partial charge on any atom is 0.331 e. The Hall–Kier alpha value is -1.88. The minimum absolute atomic E-state index is 0.139. The van der Waals surface area contributed by atoms with E-state index in [2.05, 4.69) is 4.98 Å². The standard InChI is InChI=1S/C17H11Cl2NO2S/c18-12-6-5-11(9-13(12)19)10-22-17(21)8-7-16-20-14-3-1-2-4-15(14)23-16/h1-9H,10H2/b8-7+. The molecule has 0 atom stereocenters. The first-order valence-corrected chi connectivity index (χ1v) is 8.33. The molecule has 3 rings (SSSR count). The number of para-hydroxylation sites is 1. The lowest BCUT2D eigenvalue weighted by Crippen LogP contribution is -2.00. The number of nitrogens with zero attached hydrogens (tertiary/aromatic N) is 1. The van der Waals surface area contributed by atoms with Crippen LogP contribution in [0.5, 0.6) is 0 Å². The van der Waals surface area contributed by atoms with Gasteiger partial charge in [-0.25, -0.2) is 9.78 Å². The summed E-state index contributed by atoms with van der Waals surface area (Å²) in [5, 5.41) is 1.67. The van der Waals surface area contributed by atoms with Gasteiger partial charge in [-0.2, -0.15) is 0 Å². The Labute approximate surface area is 147 Å². The van der Waals surface area contributed by atoms with Gasteiger partial charge in [-0.1, -0.05) is 41.4 Å². The molecule has 0 aliphatic rings. The number of ether oxygens (including phenoxy) is 1. The van der Waals surface area contributed by atoms with Gasteiger partial charge in [0.2, 0.25) is 0 Å². The van der Waals surface area contributed by atoms with Crippen molar-refractivity contribution in [3.63, 3.8) is 0 Å². The number of hydrogen-bond donors (Lipinski definition) is 0. The van der Waals surface area contributed by atoms with Crippen LogP contribution in [0.4, 0.5) is 0 Å². The molecule has 0 saturated heterocycles. The van der Waals surface area contributed by atoms with Crippen molar-refractivity contribution in [1.82, 2.24) is 4.98 Å². The minimum Gasteiger partial charge on any atom is -0.458 e. The molecule has 0 radical (unpaired) electrons. The zero-order valence-electron chi connectivity index (χ0n) is 11.8. The molecule has 0 N–H and O–H groups in total. The van der Waals surface area contributed by atoms with Crippen molar-refractivity contribution in [2.45, 2.75) is 6.61 Å². The Bertz CT molecular complexity index is 856. The molecule has 0 fully saturated rings.